The first-order valence-electron chi connectivity index (χ1n) is 4.03. The largest absolute Gasteiger partial charge is 0.326 e. The normalized spacial score (nSPS) is 10.2. The molecule has 76 valence electrons. The van der Waals surface area contributed by atoms with E-state index in [-0.39, 0.29) is 10.8 Å². The van der Waals surface area contributed by atoms with Gasteiger partial charge in [-0.3, -0.25) is 4.79 Å². The molecule has 1 N–H and O–H groups in total. The molecule has 1 amide bonds. The maximum Gasteiger partial charge on any atom is 0.221 e. The third kappa shape index (κ3) is 2.56. The van der Waals surface area contributed by atoms with Crippen molar-refractivity contribution < 1.29 is 13.2 Å². The SMILES string of the molecule is CC(=O)Nc1ccc([SH](=O)=O)c(C)c1. The van der Waals surface area contributed by atoms with Crippen LogP contribution in [0.15, 0.2) is 23.1 Å². The maximum absolute atomic E-state index is 10.7. The standard InChI is InChI=1S/C9H11NO3S/c1-6-5-8(10-7(2)11)3-4-9(6)14(12)13/h3-5,14H,1-2H3,(H,10,11). The molecule has 1 aromatic carbocycles. The highest BCUT2D eigenvalue weighted by atomic mass is 32.2. The average molecular weight is 213 g/mol. The Kier molecular flexibility index (Phi) is 3.24. The third-order valence-corrected chi connectivity index (χ3v) is 2.61. The number of nitrogens with one attached hydrogen (secondary N) is 1. The molecule has 0 aliphatic rings. The van der Waals surface area contributed by atoms with Crippen molar-refractivity contribution in [1.82, 2.24) is 0 Å². The number of thiol groups is 1. The maximum atomic E-state index is 10.7. The van der Waals surface area contributed by atoms with E-state index in [1.807, 2.05) is 0 Å². The summed E-state index contributed by atoms with van der Waals surface area (Å²) in [6.07, 6.45) is 0. The zero-order chi connectivity index (χ0) is 10.7. The second-order valence-corrected chi connectivity index (χ2v) is 3.94. The van der Waals surface area contributed by atoms with E-state index in [9.17, 15) is 13.2 Å². The highest BCUT2D eigenvalue weighted by Crippen LogP contribution is 2.15. The molecular formula is C9H11NO3S. The number of rotatable bonds is 2. The fourth-order valence-corrected chi connectivity index (χ4v) is 1.69. The van der Waals surface area contributed by atoms with Gasteiger partial charge in [-0.25, -0.2) is 8.42 Å². The molecule has 0 spiro atoms. The smallest absolute Gasteiger partial charge is 0.221 e. The highest BCUT2D eigenvalue weighted by Gasteiger charge is 2.02. The molecule has 1 rings (SSSR count). The van der Waals surface area contributed by atoms with Gasteiger partial charge in [-0.2, -0.15) is 0 Å². The van der Waals surface area contributed by atoms with Gasteiger partial charge in [0.05, 0.1) is 4.90 Å². The Morgan fingerprint density at radius 3 is 2.43 bits per heavy atom. The quantitative estimate of drug-likeness (QED) is 0.718. The lowest BCUT2D eigenvalue weighted by Gasteiger charge is -2.04. The summed E-state index contributed by atoms with van der Waals surface area (Å²) in [5.74, 6) is -0.177. The van der Waals surface area contributed by atoms with Gasteiger partial charge in [-0.05, 0) is 30.7 Å². The predicted octanol–water partition coefficient (Wildman–Crippen LogP) is 0.924. The molecule has 4 nitrogen and oxygen atoms in total. The lowest BCUT2D eigenvalue weighted by atomic mass is 10.2. The van der Waals surface area contributed by atoms with Crippen LogP contribution in [0.5, 0.6) is 0 Å². The zero-order valence-corrected chi connectivity index (χ0v) is 8.80. The van der Waals surface area contributed by atoms with Crippen LogP contribution >= 0.6 is 0 Å². The number of benzene rings is 1. The molecule has 0 bridgehead atoms. The first-order valence-corrected chi connectivity index (χ1v) is 5.21. The molecule has 0 radical (unpaired) electrons. The number of hydrogen-bond acceptors (Lipinski definition) is 3. The van der Waals surface area contributed by atoms with Crippen LogP contribution in [0.3, 0.4) is 0 Å². The Morgan fingerprint density at radius 1 is 1.36 bits per heavy atom. The summed E-state index contributed by atoms with van der Waals surface area (Å²) in [7, 11) is -2.56. The van der Waals surface area contributed by atoms with Crippen LogP contribution in [0, 0.1) is 6.92 Å². The zero-order valence-electron chi connectivity index (χ0n) is 7.90. The van der Waals surface area contributed by atoms with Crippen LogP contribution in [-0.4, -0.2) is 14.3 Å². The van der Waals surface area contributed by atoms with E-state index >= 15 is 0 Å². The van der Waals surface area contributed by atoms with Gasteiger partial charge in [0.25, 0.3) is 0 Å². The van der Waals surface area contributed by atoms with Crippen molar-refractivity contribution in [3.8, 4) is 0 Å². The third-order valence-electron chi connectivity index (χ3n) is 1.71. The summed E-state index contributed by atoms with van der Waals surface area (Å²) in [5.41, 5.74) is 1.24. The monoisotopic (exact) mass is 213 g/mol. The lowest BCUT2D eigenvalue weighted by molar-refractivity contribution is -0.114. The molecule has 14 heavy (non-hydrogen) atoms. The summed E-state index contributed by atoms with van der Waals surface area (Å²) in [4.78, 5) is 11.0. The van der Waals surface area contributed by atoms with Crippen molar-refractivity contribution in [1.29, 1.82) is 0 Å². The van der Waals surface area contributed by atoms with Gasteiger partial charge in [0, 0.05) is 12.6 Å². The molecular weight excluding hydrogens is 202 g/mol. The summed E-state index contributed by atoms with van der Waals surface area (Å²) < 4.78 is 21.4. The van der Waals surface area contributed by atoms with Crippen LogP contribution in [0.1, 0.15) is 12.5 Å². The summed E-state index contributed by atoms with van der Waals surface area (Å²) in [5, 5.41) is 2.58. The van der Waals surface area contributed by atoms with Gasteiger partial charge in [-0.15, -0.1) is 0 Å². The summed E-state index contributed by atoms with van der Waals surface area (Å²) >= 11 is 0. The number of anilines is 1. The molecule has 0 saturated carbocycles. The number of carbonyl (C=O) groups excluding carboxylic acids is 1. The number of amides is 1. The van der Waals surface area contributed by atoms with Crippen molar-refractivity contribution in [2.75, 3.05) is 5.32 Å². The molecule has 0 heterocycles. The topological polar surface area (TPSA) is 63.2 Å². The van der Waals surface area contributed by atoms with E-state index in [0.29, 0.717) is 11.3 Å². The second-order valence-electron chi connectivity index (χ2n) is 2.94. The molecule has 0 saturated heterocycles. The van der Waals surface area contributed by atoms with Gasteiger partial charge in [0.1, 0.15) is 0 Å². The Bertz CT molecular complexity index is 430. The second kappa shape index (κ2) is 4.23. The molecule has 0 aromatic heterocycles. The molecule has 0 atom stereocenters. The van der Waals surface area contributed by atoms with E-state index in [1.54, 1.807) is 19.1 Å². The summed E-state index contributed by atoms with van der Waals surface area (Å²) in [6.45, 7) is 3.09. The lowest BCUT2D eigenvalue weighted by Crippen LogP contribution is -2.05. The Balaban J connectivity index is 3.06. The van der Waals surface area contributed by atoms with E-state index < -0.39 is 10.7 Å². The van der Waals surface area contributed by atoms with Crippen molar-refractivity contribution in [2.24, 2.45) is 0 Å². The molecule has 0 fully saturated rings. The molecule has 0 aliphatic heterocycles. The minimum atomic E-state index is -2.56. The molecule has 0 aliphatic carbocycles. The van der Waals surface area contributed by atoms with E-state index in [4.69, 9.17) is 0 Å². The predicted molar refractivity (Wildman–Crippen MR) is 54.1 cm³/mol. The fraction of sp³-hybridized carbons (Fsp3) is 0.222. The van der Waals surface area contributed by atoms with Crippen molar-refractivity contribution in [3.63, 3.8) is 0 Å². The first-order chi connectivity index (χ1) is 6.50. The van der Waals surface area contributed by atoms with Crippen LogP contribution in [-0.2, 0) is 15.5 Å². The van der Waals surface area contributed by atoms with Gasteiger partial charge in [-0.1, -0.05) is 0 Å². The fourth-order valence-electron chi connectivity index (χ4n) is 1.14. The first kappa shape index (κ1) is 10.7. The highest BCUT2D eigenvalue weighted by molar-refractivity contribution is 7.72. The number of aryl methyl sites for hydroxylation is 1. The number of carbonyl (C=O) groups is 1. The van der Waals surface area contributed by atoms with Gasteiger partial charge >= 0.3 is 0 Å². The van der Waals surface area contributed by atoms with Gasteiger partial charge in [0.2, 0.25) is 5.91 Å². The van der Waals surface area contributed by atoms with E-state index in [0.717, 1.165) is 0 Å². The van der Waals surface area contributed by atoms with Crippen molar-refractivity contribution in [2.45, 2.75) is 18.7 Å². The Labute approximate surface area is 83.9 Å². The Hall–Kier alpha value is -1.36. The average Bonchev–Trinajstić information content (AvgIpc) is 2.01. The molecule has 0 unspecified atom stereocenters. The van der Waals surface area contributed by atoms with Gasteiger partial charge < -0.3 is 5.32 Å². The minimum absolute atomic E-state index is 0.177. The minimum Gasteiger partial charge on any atom is -0.326 e. The van der Waals surface area contributed by atoms with Crippen molar-refractivity contribution in [3.05, 3.63) is 23.8 Å². The van der Waals surface area contributed by atoms with Crippen LogP contribution in [0.4, 0.5) is 5.69 Å². The molecule has 5 heteroatoms. The van der Waals surface area contributed by atoms with E-state index in [2.05, 4.69) is 5.32 Å². The van der Waals surface area contributed by atoms with Crippen LogP contribution < -0.4 is 5.32 Å². The van der Waals surface area contributed by atoms with Crippen LogP contribution in [0.25, 0.3) is 0 Å². The van der Waals surface area contributed by atoms with Crippen LogP contribution in [0.2, 0.25) is 0 Å². The van der Waals surface area contributed by atoms with E-state index in [1.165, 1.54) is 13.0 Å². The van der Waals surface area contributed by atoms with Gasteiger partial charge in [0.15, 0.2) is 10.7 Å². The Morgan fingerprint density at radius 2 is 2.00 bits per heavy atom. The molecule has 1 aromatic rings. The van der Waals surface area contributed by atoms with Crippen molar-refractivity contribution >= 4 is 22.3 Å². The summed E-state index contributed by atoms with van der Waals surface area (Å²) in [6, 6.07) is 4.67. The number of hydrogen-bond donors (Lipinski definition) is 2.